The van der Waals surface area contributed by atoms with E-state index in [4.69, 9.17) is 19.0 Å². The number of likely N-dealkylation sites (tertiary alicyclic amines) is 1. The van der Waals surface area contributed by atoms with Crippen molar-refractivity contribution in [3.8, 4) is 5.75 Å². The molecule has 2 aromatic rings. The Morgan fingerprint density at radius 1 is 1.17 bits per heavy atom. The van der Waals surface area contributed by atoms with Gasteiger partial charge in [-0.1, -0.05) is 12.1 Å². The van der Waals surface area contributed by atoms with Crippen LogP contribution in [0.25, 0.3) is 6.08 Å². The smallest absolute Gasteiger partial charge is 0.416 e. The van der Waals surface area contributed by atoms with E-state index in [-0.39, 0.29) is 11.9 Å². The summed E-state index contributed by atoms with van der Waals surface area (Å²) in [5, 5.41) is 0. The molecule has 1 aromatic heterocycles. The first kappa shape index (κ1) is 29.0. The second-order valence-electron chi connectivity index (χ2n) is 11.7. The number of anilines is 1. The lowest BCUT2D eigenvalue weighted by atomic mass is 10.1. The van der Waals surface area contributed by atoms with Crippen LogP contribution in [0.2, 0.25) is 0 Å². The van der Waals surface area contributed by atoms with Gasteiger partial charge in [-0.3, -0.25) is 14.6 Å². The average Bonchev–Trinajstić information content (AvgIpc) is 3.60. The number of hydrogen-bond acceptors (Lipinski definition) is 8. The van der Waals surface area contributed by atoms with Gasteiger partial charge in [0, 0.05) is 51.4 Å². The van der Waals surface area contributed by atoms with E-state index in [0.29, 0.717) is 19.0 Å². The number of nitrogens with zero attached hydrogens (tertiary/aromatic N) is 3. The summed E-state index contributed by atoms with van der Waals surface area (Å²) >= 11 is 0. The van der Waals surface area contributed by atoms with Gasteiger partial charge in [0.25, 0.3) is 5.91 Å². The largest absolute Gasteiger partial charge is 0.493 e. The van der Waals surface area contributed by atoms with Gasteiger partial charge in [-0.25, -0.2) is 20.1 Å². The number of aromatic nitrogens is 1. The molecule has 41 heavy (non-hydrogen) atoms. The van der Waals surface area contributed by atoms with Crippen molar-refractivity contribution >= 4 is 23.9 Å². The molecular formula is C31H40N4O6. The first-order valence-corrected chi connectivity index (χ1v) is 14.4. The molecule has 1 aromatic carbocycles. The second kappa shape index (κ2) is 13.0. The number of carbonyl (C=O) groups is 2. The van der Waals surface area contributed by atoms with Crippen LogP contribution in [0.4, 0.5) is 10.6 Å². The van der Waals surface area contributed by atoms with Gasteiger partial charge in [0.1, 0.15) is 17.2 Å². The molecule has 5 rings (SSSR count). The van der Waals surface area contributed by atoms with Crippen LogP contribution < -0.4 is 15.1 Å². The number of carbonyl (C=O) groups excluding carboxylic acids is 2. The lowest BCUT2D eigenvalue weighted by molar-refractivity contribution is -0.198. The Morgan fingerprint density at radius 2 is 2.05 bits per heavy atom. The van der Waals surface area contributed by atoms with Gasteiger partial charge >= 0.3 is 6.09 Å². The summed E-state index contributed by atoms with van der Waals surface area (Å²) in [5.74, 6) is 1.11. The fourth-order valence-electron chi connectivity index (χ4n) is 5.28. The average molecular weight is 565 g/mol. The summed E-state index contributed by atoms with van der Waals surface area (Å²) in [6, 6.07) is 9.94. The van der Waals surface area contributed by atoms with Gasteiger partial charge in [0.05, 0.1) is 12.6 Å². The quantitative estimate of drug-likeness (QED) is 0.366. The van der Waals surface area contributed by atoms with E-state index in [1.54, 1.807) is 23.2 Å². The molecule has 220 valence electrons. The molecule has 0 radical (unpaired) electrons. The Kier molecular flexibility index (Phi) is 9.22. The van der Waals surface area contributed by atoms with Gasteiger partial charge in [0.15, 0.2) is 6.29 Å². The molecule has 10 heteroatoms. The van der Waals surface area contributed by atoms with Crippen LogP contribution in [-0.2, 0) is 32.1 Å². The van der Waals surface area contributed by atoms with Crippen LogP contribution in [0, 0.1) is 0 Å². The molecule has 2 fully saturated rings. The van der Waals surface area contributed by atoms with Crippen molar-refractivity contribution in [2.45, 2.75) is 77.4 Å². The molecule has 0 saturated carbocycles. The van der Waals surface area contributed by atoms with E-state index >= 15 is 0 Å². The third kappa shape index (κ3) is 8.06. The molecule has 1 N–H and O–H groups in total. The SMILES string of the molecule is CC(C)(C)OC(=O)N(c1ccc(/C=C/C(=O)NOC2CCCCO2)cn1)[C@@H]1CCN(Cc2ccc3c(c2)CCO3)C1. The maximum absolute atomic E-state index is 13.4. The lowest BCUT2D eigenvalue weighted by Gasteiger charge is -2.31. The van der Waals surface area contributed by atoms with Crippen molar-refractivity contribution in [1.82, 2.24) is 15.4 Å². The predicted octanol–water partition coefficient (Wildman–Crippen LogP) is 4.62. The number of nitrogens with one attached hydrogen (secondary N) is 1. The fourth-order valence-corrected chi connectivity index (χ4v) is 5.28. The van der Waals surface area contributed by atoms with Crippen molar-refractivity contribution < 1.29 is 28.6 Å². The molecule has 2 atom stereocenters. The monoisotopic (exact) mass is 564 g/mol. The Labute approximate surface area is 241 Å². The minimum absolute atomic E-state index is 0.0820. The maximum Gasteiger partial charge on any atom is 0.416 e. The molecule has 0 spiro atoms. The second-order valence-corrected chi connectivity index (χ2v) is 11.7. The van der Waals surface area contributed by atoms with Crippen LogP contribution in [0.15, 0.2) is 42.6 Å². The van der Waals surface area contributed by atoms with Gasteiger partial charge < -0.3 is 14.2 Å². The lowest BCUT2D eigenvalue weighted by Crippen LogP contribution is -2.45. The fraction of sp³-hybridized carbons (Fsp3) is 0.516. The number of hydroxylamine groups is 1. The number of amides is 2. The van der Waals surface area contributed by atoms with E-state index in [1.807, 2.05) is 26.8 Å². The van der Waals surface area contributed by atoms with Gasteiger partial charge in [-0.05, 0) is 81.0 Å². The molecule has 2 saturated heterocycles. The highest BCUT2D eigenvalue weighted by atomic mass is 16.8. The molecule has 4 heterocycles. The van der Waals surface area contributed by atoms with E-state index < -0.39 is 18.0 Å². The van der Waals surface area contributed by atoms with E-state index in [2.05, 4.69) is 33.6 Å². The summed E-state index contributed by atoms with van der Waals surface area (Å²) in [6.45, 7) is 9.34. The minimum Gasteiger partial charge on any atom is -0.493 e. The van der Waals surface area contributed by atoms with Crippen LogP contribution in [0.1, 0.15) is 63.1 Å². The summed E-state index contributed by atoms with van der Waals surface area (Å²) in [7, 11) is 0. The maximum atomic E-state index is 13.4. The third-order valence-corrected chi connectivity index (χ3v) is 7.24. The summed E-state index contributed by atoms with van der Waals surface area (Å²) in [5.41, 5.74) is 4.99. The first-order valence-electron chi connectivity index (χ1n) is 14.4. The molecular weight excluding hydrogens is 524 g/mol. The molecule has 10 nitrogen and oxygen atoms in total. The van der Waals surface area contributed by atoms with Gasteiger partial charge in [0.2, 0.25) is 0 Å². The third-order valence-electron chi connectivity index (χ3n) is 7.24. The zero-order chi connectivity index (χ0) is 28.8. The van der Waals surface area contributed by atoms with Crippen LogP contribution in [0.5, 0.6) is 5.75 Å². The first-order chi connectivity index (χ1) is 19.7. The van der Waals surface area contributed by atoms with E-state index in [9.17, 15) is 9.59 Å². The van der Waals surface area contributed by atoms with Crippen molar-refractivity contribution in [1.29, 1.82) is 0 Å². The summed E-state index contributed by atoms with van der Waals surface area (Å²) in [6.07, 6.45) is 8.37. The number of pyridine rings is 1. The topological polar surface area (TPSA) is 102 Å². The highest BCUT2D eigenvalue weighted by Gasteiger charge is 2.35. The highest BCUT2D eigenvalue weighted by Crippen LogP contribution is 2.29. The number of fused-ring (bicyclic) bond motifs is 1. The van der Waals surface area contributed by atoms with Gasteiger partial charge in [-0.2, -0.15) is 0 Å². The summed E-state index contributed by atoms with van der Waals surface area (Å²) in [4.78, 5) is 39.5. The number of hydrogen-bond donors (Lipinski definition) is 1. The van der Waals surface area contributed by atoms with Crippen LogP contribution in [0.3, 0.4) is 0 Å². The standard InChI is InChI=1S/C31H40N4O6/c1-31(2,3)40-30(37)35(25-13-15-34(21-25)20-23-7-10-26-24(18-23)14-17-38-26)27-11-8-22(19-32-27)9-12-28(36)33-41-29-6-4-5-16-39-29/h7-12,18-19,25,29H,4-6,13-17,20-21H2,1-3H3,(H,33,36)/b12-9+/t25-,29?/m1/s1. The molecule has 0 bridgehead atoms. The van der Waals surface area contributed by atoms with Crippen molar-refractivity contribution in [2.75, 3.05) is 31.2 Å². The molecule has 0 aliphatic carbocycles. The summed E-state index contributed by atoms with van der Waals surface area (Å²) < 4.78 is 16.9. The zero-order valence-electron chi connectivity index (χ0n) is 24.1. The Hall–Kier alpha value is -3.47. The van der Waals surface area contributed by atoms with E-state index in [0.717, 1.165) is 63.1 Å². The normalized spacial score (nSPS) is 21.0. The Morgan fingerprint density at radius 3 is 2.80 bits per heavy atom. The van der Waals surface area contributed by atoms with Crippen molar-refractivity contribution in [3.05, 3.63) is 59.3 Å². The molecule has 3 aliphatic heterocycles. The predicted molar refractivity (Wildman–Crippen MR) is 154 cm³/mol. The number of benzene rings is 1. The van der Waals surface area contributed by atoms with Crippen molar-refractivity contribution in [2.24, 2.45) is 0 Å². The van der Waals surface area contributed by atoms with Crippen LogP contribution in [-0.4, -0.2) is 66.1 Å². The zero-order valence-corrected chi connectivity index (χ0v) is 24.1. The van der Waals surface area contributed by atoms with Crippen LogP contribution >= 0.6 is 0 Å². The minimum atomic E-state index is -0.638. The van der Waals surface area contributed by atoms with Gasteiger partial charge in [-0.15, -0.1) is 0 Å². The molecule has 3 aliphatic rings. The molecule has 2 amide bonds. The van der Waals surface area contributed by atoms with Crippen molar-refractivity contribution in [3.63, 3.8) is 0 Å². The van der Waals surface area contributed by atoms with E-state index in [1.165, 1.54) is 17.2 Å². The molecule has 1 unspecified atom stereocenters. The highest BCUT2D eigenvalue weighted by molar-refractivity contribution is 5.91. The number of rotatable bonds is 8. The number of ether oxygens (including phenoxy) is 3. The Bertz CT molecular complexity index is 1240. The Balaban J connectivity index is 1.22.